The van der Waals surface area contributed by atoms with Crippen molar-refractivity contribution in [1.82, 2.24) is 4.98 Å². The number of benzene rings is 1. The quantitative estimate of drug-likeness (QED) is 0.933. The number of fused-ring (bicyclic) bond motifs is 1. The molecule has 0 saturated heterocycles. The maximum Gasteiger partial charge on any atom is 0.308 e. The van der Waals surface area contributed by atoms with Gasteiger partial charge in [0, 0.05) is 19.0 Å². The molecule has 0 fully saturated rings. The van der Waals surface area contributed by atoms with Crippen LogP contribution in [-0.4, -0.2) is 29.7 Å². The van der Waals surface area contributed by atoms with Gasteiger partial charge in [-0.15, -0.1) is 0 Å². The Morgan fingerprint density at radius 2 is 2.14 bits per heavy atom. The first-order chi connectivity index (χ1) is 9.95. The van der Waals surface area contributed by atoms with Gasteiger partial charge < -0.3 is 10.0 Å². The summed E-state index contributed by atoms with van der Waals surface area (Å²) in [6.07, 6.45) is 0. The van der Waals surface area contributed by atoms with Crippen molar-refractivity contribution in [2.75, 3.05) is 18.5 Å². The third-order valence-electron chi connectivity index (χ3n) is 3.58. The minimum Gasteiger partial charge on any atom is -0.481 e. The maximum absolute atomic E-state index is 11.0. The van der Waals surface area contributed by atoms with Crippen LogP contribution in [0.15, 0.2) is 24.3 Å². The molecule has 0 saturated carbocycles. The summed E-state index contributed by atoms with van der Waals surface area (Å²) < 4.78 is 0. The Morgan fingerprint density at radius 3 is 2.76 bits per heavy atom. The molecule has 0 radical (unpaired) electrons. The molecular formula is C16H17N3O2. The molecule has 1 aromatic heterocycles. The highest BCUT2D eigenvalue weighted by Crippen LogP contribution is 2.27. The lowest BCUT2D eigenvalue weighted by atomic mass is 10.0. The van der Waals surface area contributed by atoms with Gasteiger partial charge in [0.15, 0.2) is 0 Å². The highest BCUT2D eigenvalue weighted by atomic mass is 16.4. The molecule has 108 valence electrons. The minimum atomic E-state index is -0.863. The number of anilines is 1. The lowest BCUT2D eigenvalue weighted by molar-refractivity contribution is -0.140. The number of carboxylic acids is 1. The second-order valence-electron chi connectivity index (χ2n) is 5.18. The highest BCUT2D eigenvalue weighted by Gasteiger charge is 2.19. The second-order valence-corrected chi connectivity index (χ2v) is 5.18. The van der Waals surface area contributed by atoms with Crippen LogP contribution < -0.4 is 4.90 Å². The number of carboxylic acid groups (broad SMARTS) is 1. The van der Waals surface area contributed by atoms with Gasteiger partial charge in [0.05, 0.1) is 17.0 Å². The maximum atomic E-state index is 11.0. The Morgan fingerprint density at radius 1 is 1.48 bits per heavy atom. The molecule has 1 atom stereocenters. The van der Waals surface area contributed by atoms with E-state index in [-0.39, 0.29) is 0 Å². The van der Waals surface area contributed by atoms with E-state index in [1.807, 2.05) is 31.2 Å². The summed E-state index contributed by atoms with van der Waals surface area (Å²) in [5.41, 5.74) is 2.17. The van der Waals surface area contributed by atoms with Gasteiger partial charge in [-0.2, -0.15) is 5.26 Å². The van der Waals surface area contributed by atoms with E-state index in [4.69, 9.17) is 5.11 Å². The average molecular weight is 283 g/mol. The van der Waals surface area contributed by atoms with Gasteiger partial charge >= 0.3 is 5.97 Å². The summed E-state index contributed by atoms with van der Waals surface area (Å²) in [7, 11) is 1.76. The van der Waals surface area contributed by atoms with Crippen LogP contribution in [0.25, 0.3) is 10.9 Å². The number of pyridine rings is 1. The van der Waals surface area contributed by atoms with E-state index >= 15 is 0 Å². The lowest BCUT2D eigenvalue weighted by Crippen LogP contribution is -2.29. The Balaban J connectivity index is 2.53. The SMILES string of the molecule is Cc1c(C#N)c(N(C)C[C@H](C)C(=O)O)nc2ccccc12. The monoisotopic (exact) mass is 283 g/mol. The number of aliphatic carboxylic acids is 1. The van der Waals surface area contributed by atoms with Gasteiger partial charge in [-0.3, -0.25) is 4.79 Å². The summed E-state index contributed by atoms with van der Waals surface area (Å²) >= 11 is 0. The predicted octanol–water partition coefficient (Wildman–Crippen LogP) is 2.57. The van der Waals surface area contributed by atoms with Gasteiger partial charge in [-0.05, 0) is 18.6 Å². The Bertz CT molecular complexity index is 734. The summed E-state index contributed by atoms with van der Waals surface area (Å²) in [5.74, 6) is -0.866. The van der Waals surface area contributed by atoms with E-state index in [0.29, 0.717) is 17.9 Å². The lowest BCUT2D eigenvalue weighted by Gasteiger charge is -2.22. The predicted molar refractivity (Wildman–Crippen MR) is 81.3 cm³/mol. The van der Waals surface area contributed by atoms with Gasteiger partial charge in [0.25, 0.3) is 0 Å². The smallest absolute Gasteiger partial charge is 0.308 e. The van der Waals surface area contributed by atoms with E-state index in [2.05, 4.69) is 11.1 Å². The number of hydrogen-bond donors (Lipinski definition) is 1. The van der Waals surface area contributed by atoms with Crippen molar-refractivity contribution in [1.29, 1.82) is 5.26 Å². The molecule has 0 unspecified atom stereocenters. The summed E-state index contributed by atoms with van der Waals surface area (Å²) in [4.78, 5) is 17.3. The number of para-hydroxylation sites is 1. The van der Waals surface area contributed by atoms with E-state index in [9.17, 15) is 10.1 Å². The second kappa shape index (κ2) is 5.80. The van der Waals surface area contributed by atoms with E-state index in [1.54, 1.807) is 18.9 Å². The number of aryl methyl sites for hydroxylation is 1. The molecule has 0 bridgehead atoms. The molecule has 5 nitrogen and oxygen atoms in total. The molecular weight excluding hydrogens is 266 g/mol. The fraction of sp³-hybridized carbons (Fsp3) is 0.312. The zero-order valence-electron chi connectivity index (χ0n) is 12.3. The van der Waals surface area contributed by atoms with Crippen LogP contribution in [0, 0.1) is 24.2 Å². The van der Waals surface area contributed by atoms with Crippen LogP contribution in [-0.2, 0) is 4.79 Å². The van der Waals surface area contributed by atoms with Crippen LogP contribution in [0.1, 0.15) is 18.1 Å². The van der Waals surface area contributed by atoms with Crippen LogP contribution in [0.5, 0.6) is 0 Å². The molecule has 21 heavy (non-hydrogen) atoms. The van der Waals surface area contributed by atoms with Crippen LogP contribution in [0.3, 0.4) is 0 Å². The van der Waals surface area contributed by atoms with Crippen molar-refractivity contribution >= 4 is 22.7 Å². The number of nitriles is 1. The van der Waals surface area contributed by atoms with Gasteiger partial charge in [-0.1, -0.05) is 25.1 Å². The molecule has 2 aromatic rings. The van der Waals surface area contributed by atoms with E-state index in [0.717, 1.165) is 16.5 Å². The fourth-order valence-electron chi connectivity index (χ4n) is 2.35. The number of nitrogens with zero attached hydrogens (tertiary/aromatic N) is 3. The number of hydrogen-bond acceptors (Lipinski definition) is 4. The zero-order chi connectivity index (χ0) is 15.6. The molecule has 0 aliphatic carbocycles. The summed E-state index contributed by atoms with van der Waals surface area (Å²) in [6, 6.07) is 9.81. The van der Waals surface area contributed by atoms with Crippen molar-refractivity contribution in [3.05, 3.63) is 35.4 Å². The first-order valence-electron chi connectivity index (χ1n) is 6.69. The largest absolute Gasteiger partial charge is 0.481 e. The van der Waals surface area contributed by atoms with Gasteiger partial charge in [0.2, 0.25) is 0 Å². The minimum absolute atomic E-state index is 0.300. The molecule has 5 heteroatoms. The normalized spacial score (nSPS) is 11.9. The topological polar surface area (TPSA) is 77.2 Å². The number of rotatable bonds is 4. The average Bonchev–Trinajstić information content (AvgIpc) is 2.46. The molecule has 0 aliphatic heterocycles. The fourth-order valence-corrected chi connectivity index (χ4v) is 2.35. The van der Waals surface area contributed by atoms with E-state index in [1.165, 1.54) is 0 Å². The molecule has 1 heterocycles. The van der Waals surface area contributed by atoms with Crippen LogP contribution >= 0.6 is 0 Å². The molecule has 0 aliphatic rings. The van der Waals surface area contributed by atoms with Crippen molar-refractivity contribution in [3.8, 4) is 6.07 Å². The van der Waals surface area contributed by atoms with Crippen molar-refractivity contribution < 1.29 is 9.90 Å². The van der Waals surface area contributed by atoms with Gasteiger partial charge in [-0.25, -0.2) is 4.98 Å². The Hall–Kier alpha value is -2.61. The standard InChI is InChI=1S/C16H17N3O2/c1-10(16(20)21)9-19(3)15-13(8-17)11(2)12-6-4-5-7-14(12)18-15/h4-7,10H,9H2,1-3H3,(H,20,21)/t10-/m0/s1. The zero-order valence-corrected chi connectivity index (χ0v) is 12.3. The first kappa shape index (κ1) is 14.8. The summed E-state index contributed by atoms with van der Waals surface area (Å²) in [5, 5.41) is 19.4. The van der Waals surface area contributed by atoms with E-state index < -0.39 is 11.9 Å². The Kier molecular flexibility index (Phi) is 4.08. The molecule has 0 spiro atoms. The third-order valence-corrected chi connectivity index (χ3v) is 3.58. The van der Waals surface area contributed by atoms with Crippen LogP contribution in [0.2, 0.25) is 0 Å². The van der Waals surface area contributed by atoms with Crippen molar-refractivity contribution in [2.24, 2.45) is 5.92 Å². The van der Waals surface area contributed by atoms with Gasteiger partial charge in [0.1, 0.15) is 11.9 Å². The van der Waals surface area contributed by atoms with Crippen LogP contribution in [0.4, 0.5) is 5.82 Å². The highest BCUT2D eigenvalue weighted by molar-refractivity contribution is 5.87. The third kappa shape index (κ3) is 2.79. The molecule has 0 amide bonds. The first-order valence-corrected chi connectivity index (χ1v) is 6.69. The molecule has 2 rings (SSSR count). The number of aromatic nitrogens is 1. The summed E-state index contributed by atoms with van der Waals surface area (Å²) in [6.45, 7) is 3.83. The Labute approximate surface area is 123 Å². The molecule has 1 aromatic carbocycles. The number of carbonyl (C=O) groups is 1. The molecule has 1 N–H and O–H groups in total. The van der Waals surface area contributed by atoms with Crippen molar-refractivity contribution in [2.45, 2.75) is 13.8 Å². The van der Waals surface area contributed by atoms with Crippen molar-refractivity contribution in [3.63, 3.8) is 0 Å².